The Morgan fingerprint density at radius 2 is 2.28 bits per heavy atom. The van der Waals surface area contributed by atoms with Crippen LogP contribution in [0.15, 0.2) is 24.3 Å². The molecule has 0 amide bonds. The maximum atomic E-state index is 12.0. The number of hydrogen-bond acceptors (Lipinski definition) is 3. The minimum Gasteiger partial charge on any atom is -0.490 e. The highest BCUT2D eigenvalue weighted by atomic mass is 16.5. The van der Waals surface area contributed by atoms with E-state index < -0.39 is 0 Å². The lowest BCUT2D eigenvalue weighted by Gasteiger charge is -2.11. The Balaban J connectivity index is 1.92. The fraction of sp³-hybridized carbons (Fsp3) is 0.533. The van der Waals surface area contributed by atoms with E-state index in [0.29, 0.717) is 18.7 Å². The second-order valence-corrected chi connectivity index (χ2v) is 4.96. The molecule has 0 saturated heterocycles. The molecular weight excluding hydrogens is 226 g/mol. The number of ether oxygens (including phenoxy) is 1. The van der Waals surface area contributed by atoms with Gasteiger partial charge in [0.2, 0.25) is 0 Å². The first kappa shape index (κ1) is 13.1. The summed E-state index contributed by atoms with van der Waals surface area (Å²) >= 11 is 0. The predicted octanol–water partition coefficient (Wildman–Crippen LogP) is 2.80. The van der Waals surface area contributed by atoms with Gasteiger partial charge in [-0.1, -0.05) is 19.1 Å². The smallest absolute Gasteiger partial charge is 0.176 e. The molecule has 18 heavy (non-hydrogen) atoms. The van der Waals surface area contributed by atoms with Crippen molar-refractivity contribution in [1.82, 2.24) is 5.32 Å². The lowest BCUT2D eigenvalue weighted by Crippen LogP contribution is -2.30. The van der Waals surface area contributed by atoms with Crippen molar-refractivity contribution in [2.75, 3.05) is 6.54 Å². The van der Waals surface area contributed by atoms with Crippen molar-refractivity contribution in [3.63, 3.8) is 0 Å². The van der Waals surface area contributed by atoms with Gasteiger partial charge in [-0.05, 0) is 38.3 Å². The molecule has 0 radical (unpaired) electrons. The monoisotopic (exact) mass is 247 g/mol. The van der Waals surface area contributed by atoms with E-state index in [1.54, 1.807) is 0 Å². The maximum absolute atomic E-state index is 12.0. The average Bonchev–Trinajstić information content (AvgIpc) is 3.19. The summed E-state index contributed by atoms with van der Waals surface area (Å²) in [5.74, 6) is 0.934. The van der Waals surface area contributed by atoms with Gasteiger partial charge in [-0.2, -0.15) is 0 Å². The fourth-order valence-corrected chi connectivity index (χ4v) is 1.63. The summed E-state index contributed by atoms with van der Waals surface area (Å²) in [5.41, 5.74) is 0.726. The van der Waals surface area contributed by atoms with Crippen LogP contribution >= 0.6 is 0 Å². The van der Waals surface area contributed by atoms with Crippen molar-refractivity contribution in [2.45, 2.75) is 45.3 Å². The second kappa shape index (κ2) is 6.01. The van der Waals surface area contributed by atoms with Crippen LogP contribution in [0.25, 0.3) is 0 Å². The Hall–Kier alpha value is -1.35. The Bertz CT molecular complexity index is 413. The van der Waals surface area contributed by atoms with Crippen LogP contribution in [-0.4, -0.2) is 24.5 Å². The first-order chi connectivity index (χ1) is 8.69. The topological polar surface area (TPSA) is 38.3 Å². The zero-order valence-corrected chi connectivity index (χ0v) is 11.1. The quantitative estimate of drug-likeness (QED) is 0.753. The van der Waals surface area contributed by atoms with Crippen LogP contribution in [0, 0.1) is 0 Å². The minimum atomic E-state index is 0.122. The number of carbonyl (C=O) groups is 1. The second-order valence-electron chi connectivity index (χ2n) is 4.96. The maximum Gasteiger partial charge on any atom is 0.176 e. The van der Waals surface area contributed by atoms with Gasteiger partial charge >= 0.3 is 0 Å². The normalized spacial score (nSPS) is 16.3. The van der Waals surface area contributed by atoms with E-state index in [4.69, 9.17) is 4.74 Å². The zero-order chi connectivity index (χ0) is 13.0. The Labute approximate surface area is 109 Å². The van der Waals surface area contributed by atoms with Gasteiger partial charge in [0.1, 0.15) is 5.75 Å². The summed E-state index contributed by atoms with van der Waals surface area (Å²) in [5, 5.41) is 3.21. The van der Waals surface area contributed by atoms with Gasteiger partial charge in [-0.25, -0.2) is 0 Å². The summed E-state index contributed by atoms with van der Waals surface area (Å²) in [6.07, 6.45) is 3.66. The number of nitrogens with one attached hydrogen (secondary N) is 1. The highest BCUT2D eigenvalue weighted by Gasteiger charge is 2.23. The van der Waals surface area contributed by atoms with Gasteiger partial charge in [0.25, 0.3) is 0 Å². The van der Waals surface area contributed by atoms with E-state index in [-0.39, 0.29) is 5.78 Å². The number of carbonyl (C=O) groups excluding carboxylic acids is 1. The van der Waals surface area contributed by atoms with Crippen molar-refractivity contribution in [1.29, 1.82) is 0 Å². The third-order valence-corrected chi connectivity index (χ3v) is 3.21. The number of ketones is 1. The molecule has 1 fully saturated rings. The van der Waals surface area contributed by atoms with Crippen LogP contribution in [0.5, 0.6) is 5.75 Å². The van der Waals surface area contributed by atoms with E-state index in [2.05, 4.69) is 19.2 Å². The molecule has 98 valence electrons. The standard InChI is InChI=1S/C15H21NO2/c1-3-11(2)16-10-15(17)12-5-4-6-14(9-12)18-13-7-8-13/h4-6,9,11,13,16H,3,7-8,10H2,1-2H3. The SMILES string of the molecule is CCC(C)NCC(=O)c1cccc(OC2CC2)c1. The molecule has 3 heteroatoms. The zero-order valence-electron chi connectivity index (χ0n) is 11.1. The molecule has 1 atom stereocenters. The summed E-state index contributed by atoms with van der Waals surface area (Å²) in [6.45, 7) is 4.58. The summed E-state index contributed by atoms with van der Waals surface area (Å²) in [6, 6.07) is 7.87. The third-order valence-electron chi connectivity index (χ3n) is 3.21. The molecule has 2 rings (SSSR count). The van der Waals surface area contributed by atoms with E-state index in [0.717, 1.165) is 30.6 Å². The molecule has 0 aromatic heterocycles. The lowest BCUT2D eigenvalue weighted by atomic mass is 10.1. The summed E-state index contributed by atoms with van der Waals surface area (Å²) < 4.78 is 5.69. The van der Waals surface area contributed by atoms with Gasteiger partial charge in [0.05, 0.1) is 12.6 Å². The Morgan fingerprint density at radius 1 is 1.50 bits per heavy atom. The molecule has 1 aromatic carbocycles. The molecule has 0 heterocycles. The number of hydrogen-bond donors (Lipinski definition) is 1. The van der Waals surface area contributed by atoms with Crippen molar-refractivity contribution < 1.29 is 9.53 Å². The van der Waals surface area contributed by atoms with Crippen LogP contribution in [0.1, 0.15) is 43.5 Å². The molecule has 0 aliphatic heterocycles. The largest absolute Gasteiger partial charge is 0.490 e. The van der Waals surface area contributed by atoms with Gasteiger partial charge in [-0.15, -0.1) is 0 Å². The molecule has 0 bridgehead atoms. The Kier molecular flexibility index (Phi) is 4.37. The molecule has 1 aromatic rings. The van der Waals surface area contributed by atoms with Crippen molar-refractivity contribution in [2.24, 2.45) is 0 Å². The predicted molar refractivity (Wildman–Crippen MR) is 72.2 cm³/mol. The molecular formula is C15H21NO2. The van der Waals surface area contributed by atoms with Crippen LogP contribution < -0.4 is 10.1 Å². The summed E-state index contributed by atoms with van der Waals surface area (Å²) in [7, 11) is 0. The molecule has 3 nitrogen and oxygen atoms in total. The van der Waals surface area contributed by atoms with Crippen molar-refractivity contribution >= 4 is 5.78 Å². The number of Topliss-reactive ketones (excluding diaryl/α,β-unsaturated/α-hetero) is 1. The van der Waals surface area contributed by atoms with E-state index in [1.807, 2.05) is 24.3 Å². The van der Waals surface area contributed by atoms with Crippen LogP contribution in [0.2, 0.25) is 0 Å². The fourth-order valence-electron chi connectivity index (χ4n) is 1.63. The van der Waals surface area contributed by atoms with Gasteiger partial charge in [0, 0.05) is 11.6 Å². The van der Waals surface area contributed by atoms with E-state index >= 15 is 0 Å². The highest BCUT2D eigenvalue weighted by Crippen LogP contribution is 2.27. The molecule has 1 unspecified atom stereocenters. The molecule has 1 saturated carbocycles. The van der Waals surface area contributed by atoms with Gasteiger partial charge < -0.3 is 10.1 Å². The number of benzene rings is 1. The van der Waals surface area contributed by atoms with Gasteiger partial charge in [-0.3, -0.25) is 4.79 Å². The highest BCUT2D eigenvalue weighted by molar-refractivity contribution is 5.97. The first-order valence-electron chi connectivity index (χ1n) is 6.72. The number of rotatable bonds is 7. The molecule has 1 aliphatic rings. The summed E-state index contributed by atoms with van der Waals surface area (Å²) in [4.78, 5) is 12.0. The molecule has 1 N–H and O–H groups in total. The third kappa shape index (κ3) is 3.84. The molecule has 0 spiro atoms. The minimum absolute atomic E-state index is 0.122. The van der Waals surface area contributed by atoms with Crippen LogP contribution in [0.4, 0.5) is 0 Å². The van der Waals surface area contributed by atoms with E-state index in [1.165, 1.54) is 0 Å². The molecule has 1 aliphatic carbocycles. The Morgan fingerprint density at radius 3 is 2.94 bits per heavy atom. The van der Waals surface area contributed by atoms with Gasteiger partial charge in [0.15, 0.2) is 5.78 Å². The van der Waals surface area contributed by atoms with Crippen molar-refractivity contribution in [3.8, 4) is 5.75 Å². The van der Waals surface area contributed by atoms with Crippen molar-refractivity contribution in [3.05, 3.63) is 29.8 Å². The van der Waals surface area contributed by atoms with E-state index in [9.17, 15) is 4.79 Å². The van der Waals surface area contributed by atoms with Crippen LogP contribution in [0.3, 0.4) is 0 Å². The first-order valence-corrected chi connectivity index (χ1v) is 6.72. The lowest BCUT2D eigenvalue weighted by molar-refractivity contribution is 0.0987. The average molecular weight is 247 g/mol. The van der Waals surface area contributed by atoms with Crippen LogP contribution in [-0.2, 0) is 0 Å².